The van der Waals surface area contributed by atoms with Gasteiger partial charge in [0.25, 0.3) is 0 Å². The summed E-state index contributed by atoms with van der Waals surface area (Å²) in [6, 6.07) is 0. The number of ketones is 2. The molecule has 1 atom stereocenters. The molecule has 0 aromatic heterocycles. The highest BCUT2D eigenvalue weighted by molar-refractivity contribution is 5.88. The van der Waals surface area contributed by atoms with Crippen molar-refractivity contribution in [3.8, 4) is 0 Å². The number of aliphatic hydroxyl groups excluding tert-OH is 1. The van der Waals surface area contributed by atoms with E-state index >= 15 is 0 Å². The van der Waals surface area contributed by atoms with Gasteiger partial charge in [0.2, 0.25) is 0 Å². The van der Waals surface area contributed by atoms with Crippen LogP contribution < -0.4 is 0 Å². The predicted octanol–water partition coefficient (Wildman–Crippen LogP) is 2.03. The van der Waals surface area contributed by atoms with Gasteiger partial charge in [-0.3, -0.25) is 4.79 Å². The fourth-order valence-electron chi connectivity index (χ4n) is 1.34. The van der Waals surface area contributed by atoms with Crippen LogP contribution in [0.2, 0.25) is 0 Å². The van der Waals surface area contributed by atoms with Crippen LogP contribution >= 0.6 is 0 Å². The van der Waals surface area contributed by atoms with E-state index < -0.39 is 0 Å². The largest absolute Gasteiger partial charge is 0.393 e. The van der Waals surface area contributed by atoms with Gasteiger partial charge < -0.3 is 9.90 Å². The normalized spacial score (nSPS) is 12.1. The van der Waals surface area contributed by atoms with E-state index in [0.717, 1.165) is 6.42 Å². The van der Waals surface area contributed by atoms with Crippen LogP contribution in [0.25, 0.3) is 0 Å². The maximum Gasteiger partial charge on any atom is 0.155 e. The van der Waals surface area contributed by atoms with E-state index in [1.54, 1.807) is 6.92 Å². The van der Waals surface area contributed by atoms with E-state index in [1.165, 1.54) is 6.08 Å². The highest BCUT2D eigenvalue weighted by atomic mass is 16.3. The summed E-state index contributed by atoms with van der Waals surface area (Å²) in [5.74, 6) is 0.176. The Hall–Kier alpha value is -0.960. The predicted molar refractivity (Wildman–Crippen MR) is 59.6 cm³/mol. The van der Waals surface area contributed by atoms with Gasteiger partial charge in [0.15, 0.2) is 5.78 Å². The van der Waals surface area contributed by atoms with Crippen molar-refractivity contribution in [3.63, 3.8) is 0 Å². The summed E-state index contributed by atoms with van der Waals surface area (Å²) in [6.07, 6.45) is 4.58. The van der Waals surface area contributed by atoms with Gasteiger partial charge in [0, 0.05) is 12.8 Å². The first-order valence-electron chi connectivity index (χ1n) is 5.39. The van der Waals surface area contributed by atoms with E-state index in [1.807, 2.05) is 0 Å². The second-order valence-corrected chi connectivity index (χ2v) is 3.81. The van der Waals surface area contributed by atoms with Crippen LogP contribution in [0.4, 0.5) is 0 Å². The number of hydrogen-bond donors (Lipinski definition) is 1. The van der Waals surface area contributed by atoms with Gasteiger partial charge in [-0.2, -0.15) is 0 Å². The topological polar surface area (TPSA) is 54.4 Å². The minimum atomic E-state index is -0.387. The molecule has 0 spiro atoms. The fraction of sp³-hybridized carbons (Fsp3) is 0.667. The Kier molecular flexibility index (Phi) is 7.82. The van der Waals surface area contributed by atoms with E-state index in [-0.39, 0.29) is 17.7 Å². The lowest BCUT2D eigenvalue weighted by Crippen LogP contribution is -2.08. The first-order chi connectivity index (χ1) is 7.06. The molecule has 86 valence electrons. The van der Waals surface area contributed by atoms with Gasteiger partial charge in [0.1, 0.15) is 5.78 Å². The number of allylic oxidation sites excluding steroid dienone is 1. The summed E-state index contributed by atoms with van der Waals surface area (Å²) in [4.78, 5) is 21.5. The Morgan fingerprint density at radius 1 is 1.27 bits per heavy atom. The van der Waals surface area contributed by atoms with Crippen LogP contribution in [0.1, 0.15) is 45.4 Å². The van der Waals surface area contributed by atoms with Crippen LogP contribution in [-0.2, 0) is 9.59 Å². The molecule has 1 unspecified atom stereocenters. The molecule has 0 amide bonds. The molecule has 1 N–H and O–H groups in total. The third-order valence-corrected chi connectivity index (χ3v) is 2.25. The lowest BCUT2D eigenvalue weighted by Gasteiger charge is -2.08. The van der Waals surface area contributed by atoms with Crippen molar-refractivity contribution in [2.24, 2.45) is 0 Å². The minimum absolute atomic E-state index is 0.0194. The van der Waals surface area contributed by atoms with Crippen LogP contribution in [0, 0.1) is 0 Å². The van der Waals surface area contributed by atoms with Crippen molar-refractivity contribution >= 4 is 11.6 Å². The molecule has 0 saturated heterocycles. The average molecular weight is 212 g/mol. The molecular formula is C12H20O3. The van der Waals surface area contributed by atoms with Crippen molar-refractivity contribution in [2.45, 2.75) is 51.6 Å². The summed E-state index contributed by atoms with van der Waals surface area (Å²) < 4.78 is 0. The molecule has 0 bridgehead atoms. The second-order valence-electron chi connectivity index (χ2n) is 3.81. The number of Topliss-reactive ketones (excluding diaryl/α,β-unsaturated/α-hetero) is 1. The molecule has 0 saturated carbocycles. The van der Waals surface area contributed by atoms with Crippen molar-refractivity contribution in [2.75, 3.05) is 0 Å². The van der Waals surface area contributed by atoms with Crippen molar-refractivity contribution in [3.05, 3.63) is 12.7 Å². The molecule has 3 nitrogen and oxygen atoms in total. The third-order valence-electron chi connectivity index (χ3n) is 2.25. The van der Waals surface area contributed by atoms with Gasteiger partial charge in [0.05, 0.1) is 6.10 Å². The van der Waals surface area contributed by atoms with E-state index in [0.29, 0.717) is 32.1 Å². The van der Waals surface area contributed by atoms with Crippen molar-refractivity contribution in [1.82, 2.24) is 0 Å². The Balaban J connectivity index is 3.40. The molecule has 0 aliphatic heterocycles. The van der Waals surface area contributed by atoms with Gasteiger partial charge in [-0.1, -0.05) is 6.58 Å². The highest BCUT2D eigenvalue weighted by Crippen LogP contribution is 2.09. The number of carbonyl (C=O) groups is 2. The van der Waals surface area contributed by atoms with Crippen molar-refractivity contribution < 1.29 is 14.7 Å². The summed E-state index contributed by atoms with van der Waals surface area (Å²) in [6.45, 7) is 4.93. The van der Waals surface area contributed by atoms with Crippen LogP contribution in [-0.4, -0.2) is 22.8 Å². The SMILES string of the molecule is C=CC(=O)CCCC(O)CCCC(C)=O. The lowest BCUT2D eigenvalue weighted by atomic mass is 10.0. The molecular weight excluding hydrogens is 192 g/mol. The number of rotatable bonds is 9. The molecule has 0 heterocycles. The maximum absolute atomic E-state index is 10.9. The first kappa shape index (κ1) is 14.0. The van der Waals surface area contributed by atoms with Gasteiger partial charge >= 0.3 is 0 Å². The van der Waals surface area contributed by atoms with Gasteiger partial charge in [-0.25, -0.2) is 0 Å². The molecule has 0 rings (SSSR count). The molecule has 0 aromatic rings. The smallest absolute Gasteiger partial charge is 0.155 e. The van der Waals surface area contributed by atoms with Crippen LogP contribution in [0.15, 0.2) is 12.7 Å². The average Bonchev–Trinajstić information content (AvgIpc) is 2.17. The first-order valence-corrected chi connectivity index (χ1v) is 5.39. The zero-order chi connectivity index (χ0) is 11.7. The Morgan fingerprint density at radius 2 is 1.80 bits per heavy atom. The van der Waals surface area contributed by atoms with E-state index in [9.17, 15) is 14.7 Å². The van der Waals surface area contributed by atoms with Crippen molar-refractivity contribution in [1.29, 1.82) is 0 Å². The highest BCUT2D eigenvalue weighted by Gasteiger charge is 2.05. The number of carbonyl (C=O) groups excluding carboxylic acids is 2. The van der Waals surface area contributed by atoms with Gasteiger partial charge in [-0.05, 0) is 38.7 Å². The van der Waals surface area contributed by atoms with E-state index in [4.69, 9.17) is 0 Å². The third kappa shape index (κ3) is 9.35. The Labute approximate surface area is 91.2 Å². The molecule has 3 heteroatoms. The second kappa shape index (κ2) is 8.36. The van der Waals surface area contributed by atoms with Gasteiger partial charge in [-0.15, -0.1) is 0 Å². The standard InChI is InChI=1S/C12H20O3/c1-3-11(14)7-5-9-12(15)8-4-6-10(2)13/h3,12,15H,1,4-9H2,2H3. The minimum Gasteiger partial charge on any atom is -0.393 e. The zero-order valence-electron chi connectivity index (χ0n) is 9.37. The Bertz CT molecular complexity index is 221. The van der Waals surface area contributed by atoms with E-state index in [2.05, 4.69) is 6.58 Å². The summed E-state index contributed by atoms with van der Waals surface area (Å²) >= 11 is 0. The molecule has 0 fully saturated rings. The molecule has 0 radical (unpaired) electrons. The molecule has 0 aliphatic carbocycles. The van der Waals surface area contributed by atoms with Crippen LogP contribution in [0.5, 0.6) is 0 Å². The quantitative estimate of drug-likeness (QED) is 0.595. The molecule has 0 aromatic carbocycles. The molecule has 15 heavy (non-hydrogen) atoms. The Morgan fingerprint density at radius 3 is 2.27 bits per heavy atom. The zero-order valence-corrected chi connectivity index (χ0v) is 9.37. The summed E-state index contributed by atoms with van der Waals surface area (Å²) in [5, 5.41) is 9.50. The fourth-order valence-corrected chi connectivity index (χ4v) is 1.34. The lowest BCUT2D eigenvalue weighted by molar-refractivity contribution is -0.117. The number of hydrogen-bond acceptors (Lipinski definition) is 3. The summed E-state index contributed by atoms with van der Waals surface area (Å²) in [5.41, 5.74) is 0. The molecule has 0 aliphatic rings. The maximum atomic E-state index is 10.9. The monoisotopic (exact) mass is 212 g/mol. The summed E-state index contributed by atoms with van der Waals surface area (Å²) in [7, 11) is 0. The van der Waals surface area contributed by atoms with Crippen LogP contribution in [0.3, 0.4) is 0 Å². The number of aliphatic hydroxyl groups is 1.